The first-order chi connectivity index (χ1) is 10.5. The van der Waals surface area contributed by atoms with Crippen LogP contribution in [0.4, 0.5) is 5.69 Å². The van der Waals surface area contributed by atoms with Gasteiger partial charge in [-0.1, -0.05) is 19.1 Å². The van der Waals surface area contributed by atoms with Crippen molar-refractivity contribution in [3.05, 3.63) is 63.1 Å². The van der Waals surface area contributed by atoms with Gasteiger partial charge in [0.2, 0.25) is 0 Å². The summed E-state index contributed by atoms with van der Waals surface area (Å²) in [6, 6.07) is 10.1. The summed E-state index contributed by atoms with van der Waals surface area (Å²) in [5.41, 5.74) is 4.66. The number of H-pyrrole nitrogens is 1. The second-order valence-corrected chi connectivity index (χ2v) is 5.71. The molecule has 0 unspecified atom stereocenters. The standard InChI is InChI=1S/C17H21N3OS/c1-4-13-6-5-7-14(9-13)20-17(22)18-10-15-11(2)8-12(3)19-16(15)21/h5-9H,4,10H2,1-3H3,(H,19,21)(H2,18,20,22). The summed E-state index contributed by atoms with van der Waals surface area (Å²) in [5, 5.41) is 6.74. The van der Waals surface area contributed by atoms with Gasteiger partial charge < -0.3 is 15.6 Å². The lowest BCUT2D eigenvalue weighted by atomic mass is 10.1. The summed E-state index contributed by atoms with van der Waals surface area (Å²) in [7, 11) is 0. The number of rotatable bonds is 4. The lowest BCUT2D eigenvalue weighted by molar-refractivity contribution is 0.883. The first kappa shape index (κ1) is 16.2. The van der Waals surface area contributed by atoms with Gasteiger partial charge in [0.1, 0.15) is 0 Å². The third-order valence-corrected chi connectivity index (χ3v) is 3.76. The zero-order valence-corrected chi connectivity index (χ0v) is 13.9. The topological polar surface area (TPSA) is 56.9 Å². The van der Waals surface area contributed by atoms with Crippen LogP contribution >= 0.6 is 12.2 Å². The second kappa shape index (κ2) is 7.22. The van der Waals surface area contributed by atoms with E-state index in [1.807, 2.05) is 32.0 Å². The van der Waals surface area contributed by atoms with Crippen LogP contribution in [-0.4, -0.2) is 10.1 Å². The molecule has 3 N–H and O–H groups in total. The number of anilines is 1. The van der Waals surface area contributed by atoms with E-state index in [9.17, 15) is 4.79 Å². The molecule has 22 heavy (non-hydrogen) atoms. The molecule has 0 fully saturated rings. The molecule has 0 aliphatic carbocycles. The van der Waals surface area contributed by atoms with Crippen molar-refractivity contribution in [3.8, 4) is 0 Å². The van der Waals surface area contributed by atoms with Gasteiger partial charge in [0.25, 0.3) is 5.56 Å². The number of pyridine rings is 1. The molecule has 0 spiro atoms. The van der Waals surface area contributed by atoms with E-state index < -0.39 is 0 Å². The molecule has 5 heteroatoms. The van der Waals surface area contributed by atoms with Crippen LogP contribution < -0.4 is 16.2 Å². The molecule has 1 aromatic heterocycles. The fourth-order valence-corrected chi connectivity index (χ4v) is 2.50. The zero-order valence-electron chi connectivity index (χ0n) is 13.1. The summed E-state index contributed by atoms with van der Waals surface area (Å²) >= 11 is 5.29. The molecule has 4 nitrogen and oxygen atoms in total. The van der Waals surface area contributed by atoms with Gasteiger partial charge in [-0.15, -0.1) is 0 Å². The smallest absolute Gasteiger partial charge is 0.253 e. The average molecular weight is 315 g/mol. The van der Waals surface area contributed by atoms with Crippen molar-refractivity contribution >= 4 is 23.0 Å². The number of nitrogens with one attached hydrogen (secondary N) is 3. The lowest BCUT2D eigenvalue weighted by Gasteiger charge is -2.12. The van der Waals surface area contributed by atoms with Crippen LogP contribution in [0.25, 0.3) is 0 Å². The Kier molecular flexibility index (Phi) is 5.33. The Bertz CT molecular complexity index is 737. The Morgan fingerprint density at radius 2 is 2.05 bits per heavy atom. The molecule has 0 aliphatic heterocycles. The molecule has 116 valence electrons. The first-order valence-electron chi connectivity index (χ1n) is 7.32. The van der Waals surface area contributed by atoms with E-state index in [0.29, 0.717) is 17.2 Å². The molecule has 0 atom stereocenters. The quantitative estimate of drug-likeness (QED) is 0.759. The van der Waals surface area contributed by atoms with E-state index >= 15 is 0 Å². The average Bonchev–Trinajstić information content (AvgIpc) is 2.46. The molecule has 0 saturated carbocycles. The molecule has 0 aliphatic rings. The van der Waals surface area contributed by atoms with Gasteiger partial charge in [-0.2, -0.15) is 0 Å². The summed E-state index contributed by atoms with van der Waals surface area (Å²) in [6.07, 6.45) is 0.980. The van der Waals surface area contributed by atoms with Crippen molar-refractivity contribution in [2.45, 2.75) is 33.7 Å². The van der Waals surface area contributed by atoms with Crippen molar-refractivity contribution in [2.75, 3.05) is 5.32 Å². The van der Waals surface area contributed by atoms with E-state index in [1.54, 1.807) is 0 Å². The van der Waals surface area contributed by atoms with Gasteiger partial charge in [-0.05, 0) is 61.8 Å². The molecule has 0 bridgehead atoms. The monoisotopic (exact) mass is 315 g/mol. The lowest BCUT2D eigenvalue weighted by Crippen LogP contribution is -2.31. The van der Waals surface area contributed by atoms with Crippen LogP contribution in [0, 0.1) is 13.8 Å². The summed E-state index contributed by atoms with van der Waals surface area (Å²) in [4.78, 5) is 14.8. The number of hydrogen-bond donors (Lipinski definition) is 3. The van der Waals surface area contributed by atoms with Crippen LogP contribution in [0.3, 0.4) is 0 Å². The van der Waals surface area contributed by atoms with Crippen molar-refractivity contribution in [1.82, 2.24) is 10.3 Å². The maximum Gasteiger partial charge on any atom is 0.253 e. The Hall–Kier alpha value is -2.14. The normalized spacial score (nSPS) is 10.3. The number of aromatic nitrogens is 1. The minimum atomic E-state index is -0.0687. The van der Waals surface area contributed by atoms with Gasteiger partial charge >= 0.3 is 0 Å². The van der Waals surface area contributed by atoms with Crippen molar-refractivity contribution in [1.29, 1.82) is 0 Å². The van der Waals surface area contributed by atoms with Crippen LogP contribution in [0.5, 0.6) is 0 Å². The molecule has 0 radical (unpaired) electrons. The number of aryl methyl sites for hydroxylation is 3. The number of benzene rings is 1. The summed E-state index contributed by atoms with van der Waals surface area (Å²) < 4.78 is 0. The van der Waals surface area contributed by atoms with Gasteiger partial charge in [0.15, 0.2) is 5.11 Å². The van der Waals surface area contributed by atoms with Crippen LogP contribution in [0.1, 0.15) is 29.3 Å². The van der Waals surface area contributed by atoms with E-state index in [0.717, 1.165) is 23.4 Å². The molecular weight excluding hydrogens is 294 g/mol. The fourth-order valence-electron chi connectivity index (χ4n) is 2.31. The first-order valence-corrected chi connectivity index (χ1v) is 7.73. The highest BCUT2D eigenvalue weighted by Crippen LogP contribution is 2.11. The number of thiocarbonyl (C=S) groups is 1. The molecule has 1 aromatic carbocycles. The van der Waals surface area contributed by atoms with Crippen LogP contribution in [0.15, 0.2) is 35.1 Å². The number of hydrogen-bond acceptors (Lipinski definition) is 2. The second-order valence-electron chi connectivity index (χ2n) is 5.30. The van der Waals surface area contributed by atoms with E-state index in [-0.39, 0.29) is 5.56 Å². The third-order valence-electron chi connectivity index (χ3n) is 3.51. The highest BCUT2D eigenvalue weighted by Gasteiger charge is 2.06. The predicted molar refractivity (Wildman–Crippen MR) is 95.4 cm³/mol. The molecule has 2 rings (SSSR count). The number of aromatic amines is 1. The maximum atomic E-state index is 12.0. The van der Waals surface area contributed by atoms with Gasteiger partial charge in [-0.3, -0.25) is 4.79 Å². The Morgan fingerprint density at radius 3 is 2.73 bits per heavy atom. The molecule has 2 aromatic rings. The van der Waals surface area contributed by atoms with Crippen molar-refractivity contribution < 1.29 is 0 Å². The molecule has 0 saturated heterocycles. The molecule has 1 heterocycles. The van der Waals surface area contributed by atoms with E-state index in [2.05, 4.69) is 34.7 Å². The molecule has 0 amide bonds. The Labute approximate surface area is 136 Å². The van der Waals surface area contributed by atoms with Crippen LogP contribution in [-0.2, 0) is 13.0 Å². The van der Waals surface area contributed by atoms with Crippen LogP contribution in [0.2, 0.25) is 0 Å². The van der Waals surface area contributed by atoms with Gasteiger partial charge in [0, 0.05) is 23.5 Å². The maximum absolute atomic E-state index is 12.0. The highest BCUT2D eigenvalue weighted by atomic mass is 32.1. The largest absolute Gasteiger partial charge is 0.358 e. The predicted octanol–water partition coefficient (Wildman–Crippen LogP) is 3.04. The summed E-state index contributed by atoms with van der Waals surface area (Å²) in [5.74, 6) is 0. The SMILES string of the molecule is CCc1cccc(NC(=S)NCc2c(C)cc(C)[nH]c2=O)c1. The highest BCUT2D eigenvalue weighted by molar-refractivity contribution is 7.80. The van der Waals surface area contributed by atoms with Gasteiger partial charge in [-0.25, -0.2) is 0 Å². The van der Waals surface area contributed by atoms with Crippen molar-refractivity contribution in [2.24, 2.45) is 0 Å². The molecular formula is C17H21N3OS. The zero-order chi connectivity index (χ0) is 16.1. The fraction of sp³-hybridized carbons (Fsp3) is 0.294. The van der Waals surface area contributed by atoms with Crippen molar-refractivity contribution in [3.63, 3.8) is 0 Å². The third kappa shape index (κ3) is 4.18. The summed E-state index contributed by atoms with van der Waals surface area (Å²) in [6.45, 7) is 6.32. The Morgan fingerprint density at radius 1 is 1.27 bits per heavy atom. The Balaban J connectivity index is 2.00. The van der Waals surface area contributed by atoms with Gasteiger partial charge in [0.05, 0.1) is 0 Å². The minimum absolute atomic E-state index is 0.0687. The van der Waals surface area contributed by atoms with E-state index in [4.69, 9.17) is 12.2 Å². The minimum Gasteiger partial charge on any atom is -0.358 e. The van der Waals surface area contributed by atoms with E-state index in [1.165, 1.54) is 5.56 Å².